The van der Waals surface area contributed by atoms with Crippen LogP contribution in [0.15, 0.2) is 34.9 Å². The van der Waals surface area contributed by atoms with Crippen molar-refractivity contribution in [3.8, 4) is 0 Å². The van der Waals surface area contributed by atoms with E-state index in [9.17, 15) is 0 Å². The standard InChI is InChI=1S/C16H22N2O/c1-12-8-14(9-17)4-5-15(12)10-18(3)11-16-6-7-19-13(16)2/h4-8H,9-11,17H2,1-3H3. The van der Waals surface area contributed by atoms with E-state index >= 15 is 0 Å². The molecule has 1 heterocycles. The topological polar surface area (TPSA) is 42.4 Å². The van der Waals surface area contributed by atoms with Gasteiger partial charge in [-0.2, -0.15) is 0 Å². The van der Waals surface area contributed by atoms with Crippen molar-refractivity contribution >= 4 is 0 Å². The molecule has 0 saturated carbocycles. The zero-order valence-corrected chi connectivity index (χ0v) is 11.9. The molecule has 0 saturated heterocycles. The fourth-order valence-electron chi connectivity index (χ4n) is 2.28. The number of furan rings is 1. The van der Waals surface area contributed by atoms with Gasteiger partial charge in [-0.05, 0) is 43.7 Å². The average molecular weight is 258 g/mol. The molecule has 0 radical (unpaired) electrons. The maximum atomic E-state index is 5.66. The van der Waals surface area contributed by atoms with E-state index in [0.717, 1.165) is 18.8 Å². The highest BCUT2D eigenvalue weighted by Gasteiger charge is 2.07. The minimum absolute atomic E-state index is 0.602. The molecule has 2 aromatic rings. The second kappa shape index (κ2) is 6.04. The smallest absolute Gasteiger partial charge is 0.105 e. The third kappa shape index (κ3) is 3.46. The Balaban J connectivity index is 2.03. The van der Waals surface area contributed by atoms with Crippen molar-refractivity contribution in [3.05, 3.63) is 58.5 Å². The van der Waals surface area contributed by atoms with E-state index in [-0.39, 0.29) is 0 Å². The Bertz CT molecular complexity index is 545. The van der Waals surface area contributed by atoms with Crippen LogP contribution in [0.3, 0.4) is 0 Å². The van der Waals surface area contributed by atoms with Gasteiger partial charge in [-0.25, -0.2) is 0 Å². The zero-order chi connectivity index (χ0) is 13.8. The molecule has 1 aromatic carbocycles. The van der Waals surface area contributed by atoms with Gasteiger partial charge >= 0.3 is 0 Å². The van der Waals surface area contributed by atoms with E-state index in [4.69, 9.17) is 10.2 Å². The molecule has 0 atom stereocenters. The molecule has 0 aliphatic rings. The van der Waals surface area contributed by atoms with Crippen LogP contribution in [0.1, 0.15) is 28.0 Å². The highest BCUT2D eigenvalue weighted by atomic mass is 16.3. The molecule has 1 aromatic heterocycles. The van der Waals surface area contributed by atoms with Gasteiger partial charge in [0.05, 0.1) is 6.26 Å². The van der Waals surface area contributed by atoms with Gasteiger partial charge in [0.2, 0.25) is 0 Å². The van der Waals surface area contributed by atoms with Crippen molar-refractivity contribution in [1.82, 2.24) is 4.90 Å². The van der Waals surface area contributed by atoms with E-state index in [0.29, 0.717) is 6.54 Å². The Hall–Kier alpha value is -1.58. The van der Waals surface area contributed by atoms with Crippen molar-refractivity contribution in [1.29, 1.82) is 0 Å². The summed E-state index contributed by atoms with van der Waals surface area (Å²) in [6.45, 7) is 6.59. The lowest BCUT2D eigenvalue weighted by Crippen LogP contribution is -2.18. The minimum Gasteiger partial charge on any atom is -0.469 e. The van der Waals surface area contributed by atoms with Crippen LogP contribution < -0.4 is 5.73 Å². The molecule has 3 nitrogen and oxygen atoms in total. The van der Waals surface area contributed by atoms with Crippen LogP contribution in [0, 0.1) is 13.8 Å². The van der Waals surface area contributed by atoms with E-state index in [1.807, 2.05) is 13.0 Å². The molecular weight excluding hydrogens is 236 g/mol. The van der Waals surface area contributed by atoms with Gasteiger partial charge in [-0.3, -0.25) is 4.90 Å². The van der Waals surface area contributed by atoms with Crippen molar-refractivity contribution < 1.29 is 4.42 Å². The predicted molar refractivity (Wildman–Crippen MR) is 77.7 cm³/mol. The van der Waals surface area contributed by atoms with Crippen molar-refractivity contribution in [3.63, 3.8) is 0 Å². The quantitative estimate of drug-likeness (QED) is 0.896. The van der Waals surface area contributed by atoms with Crippen LogP contribution in [-0.2, 0) is 19.6 Å². The van der Waals surface area contributed by atoms with Gasteiger partial charge in [0, 0.05) is 25.2 Å². The van der Waals surface area contributed by atoms with Crippen LogP contribution >= 0.6 is 0 Å². The second-order valence-electron chi connectivity index (χ2n) is 5.14. The molecule has 0 aliphatic carbocycles. The van der Waals surface area contributed by atoms with Crippen LogP contribution in [0.4, 0.5) is 0 Å². The molecule has 0 unspecified atom stereocenters. The normalized spacial score (nSPS) is 11.2. The molecule has 0 aliphatic heterocycles. The largest absolute Gasteiger partial charge is 0.469 e. The molecule has 3 heteroatoms. The summed E-state index contributed by atoms with van der Waals surface area (Å²) in [5, 5.41) is 0. The van der Waals surface area contributed by atoms with Gasteiger partial charge < -0.3 is 10.2 Å². The van der Waals surface area contributed by atoms with Gasteiger partial charge in [-0.15, -0.1) is 0 Å². The summed E-state index contributed by atoms with van der Waals surface area (Å²) in [5.74, 6) is 1.00. The summed E-state index contributed by atoms with van der Waals surface area (Å²) < 4.78 is 5.33. The second-order valence-corrected chi connectivity index (χ2v) is 5.14. The number of hydrogen-bond donors (Lipinski definition) is 1. The number of rotatable bonds is 5. The third-order valence-corrected chi connectivity index (χ3v) is 3.49. The SMILES string of the molecule is Cc1cc(CN)ccc1CN(C)Cc1ccoc1C. The number of nitrogens with two attached hydrogens (primary N) is 1. The molecular formula is C16H22N2O. The third-order valence-electron chi connectivity index (χ3n) is 3.49. The Morgan fingerprint density at radius 3 is 2.42 bits per heavy atom. The molecule has 2 rings (SSSR count). The lowest BCUT2D eigenvalue weighted by Gasteiger charge is -2.18. The van der Waals surface area contributed by atoms with Gasteiger partial charge in [0.15, 0.2) is 0 Å². The Morgan fingerprint density at radius 1 is 1.11 bits per heavy atom. The summed E-state index contributed by atoms with van der Waals surface area (Å²) in [4.78, 5) is 2.29. The monoisotopic (exact) mass is 258 g/mol. The lowest BCUT2D eigenvalue weighted by atomic mass is 10.0. The average Bonchev–Trinajstić information content (AvgIpc) is 2.77. The lowest BCUT2D eigenvalue weighted by molar-refractivity contribution is 0.315. The summed E-state index contributed by atoms with van der Waals surface area (Å²) >= 11 is 0. The fraction of sp³-hybridized carbons (Fsp3) is 0.375. The summed E-state index contributed by atoms with van der Waals surface area (Å²) in [7, 11) is 2.13. The highest BCUT2D eigenvalue weighted by Crippen LogP contribution is 2.16. The molecule has 0 amide bonds. The number of aryl methyl sites for hydroxylation is 2. The first-order valence-corrected chi connectivity index (χ1v) is 6.60. The van der Waals surface area contributed by atoms with Gasteiger partial charge in [-0.1, -0.05) is 18.2 Å². The molecule has 2 N–H and O–H groups in total. The van der Waals surface area contributed by atoms with E-state index in [2.05, 4.69) is 37.1 Å². The first-order valence-electron chi connectivity index (χ1n) is 6.60. The van der Waals surface area contributed by atoms with Crippen LogP contribution in [0.25, 0.3) is 0 Å². The van der Waals surface area contributed by atoms with E-state index in [1.54, 1.807) is 6.26 Å². The van der Waals surface area contributed by atoms with Gasteiger partial charge in [0.1, 0.15) is 5.76 Å². The molecule has 0 fully saturated rings. The number of hydrogen-bond acceptors (Lipinski definition) is 3. The maximum Gasteiger partial charge on any atom is 0.105 e. The zero-order valence-electron chi connectivity index (χ0n) is 11.9. The maximum absolute atomic E-state index is 5.66. The van der Waals surface area contributed by atoms with E-state index < -0.39 is 0 Å². The van der Waals surface area contributed by atoms with Crippen LogP contribution in [0.2, 0.25) is 0 Å². The van der Waals surface area contributed by atoms with Crippen molar-refractivity contribution in [2.75, 3.05) is 7.05 Å². The number of benzene rings is 1. The first kappa shape index (κ1) is 13.8. The number of nitrogens with zero attached hydrogens (tertiary/aromatic N) is 1. The molecule has 0 bridgehead atoms. The van der Waals surface area contributed by atoms with Crippen molar-refractivity contribution in [2.45, 2.75) is 33.5 Å². The summed E-state index contributed by atoms with van der Waals surface area (Å²) in [5.41, 5.74) is 10.7. The van der Waals surface area contributed by atoms with E-state index in [1.165, 1.54) is 22.3 Å². The minimum atomic E-state index is 0.602. The Labute approximate surface area is 115 Å². The first-order chi connectivity index (χ1) is 9.10. The molecule has 102 valence electrons. The van der Waals surface area contributed by atoms with Crippen molar-refractivity contribution in [2.24, 2.45) is 5.73 Å². The van der Waals surface area contributed by atoms with Crippen LogP contribution in [0.5, 0.6) is 0 Å². The summed E-state index contributed by atoms with van der Waals surface area (Å²) in [6.07, 6.45) is 1.75. The fourth-order valence-corrected chi connectivity index (χ4v) is 2.28. The Kier molecular flexibility index (Phi) is 4.40. The molecule has 0 spiro atoms. The summed E-state index contributed by atoms with van der Waals surface area (Å²) in [6, 6.07) is 8.50. The van der Waals surface area contributed by atoms with Gasteiger partial charge in [0.25, 0.3) is 0 Å². The predicted octanol–water partition coefficient (Wildman–Crippen LogP) is 2.99. The van der Waals surface area contributed by atoms with Crippen LogP contribution in [-0.4, -0.2) is 11.9 Å². The highest BCUT2D eigenvalue weighted by molar-refractivity contribution is 5.31. The Morgan fingerprint density at radius 2 is 1.84 bits per heavy atom. The molecule has 19 heavy (non-hydrogen) atoms.